The van der Waals surface area contributed by atoms with Gasteiger partial charge in [0.15, 0.2) is 0 Å². The van der Waals surface area contributed by atoms with Crippen LogP contribution in [-0.4, -0.2) is 14.8 Å². The number of aromatic nitrogens is 3. The maximum Gasteiger partial charge on any atom is 0.129 e. The van der Waals surface area contributed by atoms with Crippen LogP contribution >= 0.6 is 23.2 Å². The minimum absolute atomic E-state index is 0.454. The molecule has 0 radical (unpaired) electrons. The summed E-state index contributed by atoms with van der Waals surface area (Å²) in [5.74, 6) is 0.801. The van der Waals surface area contributed by atoms with Crippen molar-refractivity contribution in [2.75, 3.05) is 0 Å². The van der Waals surface area contributed by atoms with E-state index >= 15 is 0 Å². The van der Waals surface area contributed by atoms with Gasteiger partial charge in [-0.3, -0.25) is 4.68 Å². The SMILES string of the molecule is Cn1ncc(-c2cc(Cl)ncc2Cl)c1CC1CC1. The Kier molecular flexibility index (Phi) is 3.04. The first-order chi connectivity index (χ1) is 8.65. The highest BCUT2D eigenvalue weighted by Gasteiger charge is 2.25. The first-order valence-electron chi connectivity index (χ1n) is 5.97. The van der Waals surface area contributed by atoms with E-state index in [9.17, 15) is 0 Å². The topological polar surface area (TPSA) is 30.7 Å². The van der Waals surface area contributed by atoms with Gasteiger partial charge in [-0.05, 0) is 31.2 Å². The van der Waals surface area contributed by atoms with Gasteiger partial charge in [0.1, 0.15) is 5.15 Å². The summed E-state index contributed by atoms with van der Waals surface area (Å²) >= 11 is 12.2. The molecule has 0 unspecified atom stereocenters. The number of halogens is 2. The van der Waals surface area contributed by atoms with Crippen molar-refractivity contribution >= 4 is 23.2 Å². The molecule has 1 aliphatic carbocycles. The Morgan fingerprint density at radius 3 is 2.78 bits per heavy atom. The summed E-state index contributed by atoms with van der Waals surface area (Å²) in [6.45, 7) is 0. The molecule has 0 spiro atoms. The summed E-state index contributed by atoms with van der Waals surface area (Å²) in [5, 5.41) is 5.41. The Bertz CT molecular complexity index is 588. The zero-order chi connectivity index (χ0) is 12.7. The Labute approximate surface area is 116 Å². The standard InChI is InChI=1S/C13H13Cl2N3/c1-18-12(4-8-2-3-8)10(6-17-18)9-5-13(15)16-7-11(9)14/h5-8H,2-4H2,1H3. The zero-order valence-electron chi connectivity index (χ0n) is 10.0. The molecule has 0 N–H and O–H groups in total. The molecule has 0 amide bonds. The number of pyridine rings is 1. The van der Waals surface area contributed by atoms with Crippen LogP contribution in [0.25, 0.3) is 11.1 Å². The smallest absolute Gasteiger partial charge is 0.129 e. The van der Waals surface area contributed by atoms with Crippen LogP contribution in [0.2, 0.25) is 10.2 Å². The minimum atomic E-state index is 0.454. The Balaban J connectivity index is 2.07. The molecule has 0 bridgehead atoms. The van der Waals surface area contributed by atoms with Crippen LogP contribution in [-0.2, 0) is 13.5 Å². The number of nitrogens with zero attached hydrogens (tertiary/aromatic N) is 3. The summed E-state index contributed by atoms with van der Waals surface area (Å²) in [6.07, 6.45) is 7.13. The fraction of sp³-hybridized carbons (Fsp3) is 0.385. The van der Waals surface area contributed by atoms with Crippen LogP contribution in [0.1, 0.15) is 18.5 Å². The largest absolute Gasteiger partial charge is 0.272 e. The van der Waals surface area contributed by atoms with Gasteiger partial charge in [0, 0.05) is 30.1 Å². The van der Waals surface area contributed by atoms with Gasteiger partial charge in [0.2, 0.25) is 0 Å². The molecule has 2 heterocycles. The molecule has 5 heteroatoms. The van der Waals surface area contributed by atoms with Crippen molar-refractivity contribution < 1.29 is 0 Å². The summed E-state index contributed by atoms with van der Waals surface area (Å²) in [6, 6.07) is 1.80. The molecule has 18 heavy (non-hydrogen) atoms. The van der Waals surface area contributed by atoms with E-state index in [1.807, 2.05) is 17.9 Å². The second kappa shape index (κ2) is 4.56. The van der Waals surface area contributed by atoms with E-state index in [0.717, 1.165) is 23.5 Å². The van der Waals surface area contributed by atoms with Crippen molar-refractivity contribution in [3.8, 4) is 11.1 Å². The molecule has 0 aliphatic heterocycles. The van der Waals surface area contributed by atoms with Gasteiger partial charge in [0.25, 0.3) is 0 Å². The normalized spacial score (nSPS) is 15.1. The first-order valence-corrected chi connectivity index (χ1v) is 6.73. The summed E-state index contributed by atoms with van der Waals surface area (Å²) in [5.41, 5.74) is 3.21. The number of aryl methyl sites for hydroxylation is 1. The molecule has 2 aromatic heterocycles. The van der Waals surface area contributed by atoms with E-state index in [0.29, 0.717) is 10.2 Å². The highest BCUT2D eigenvalue weighted by molar-refractivity contribution is 6.34. The average molecular weight is 282 g/mol. The fourth-order valence-corrected chi connectivity index (χ4v) is 2.51. The Morgan fingerprint density at radius 1 is 1.28 bits per heavy atom. The molecule has 3 rings (SSSR count). The molecule has 0 saturated heterocycles. The van der Waals surface area contributed by atoms with Crippen molar-refractivity contribution in [3.63, 3.8) is 0 Å². The van der Waals surface area contributed by atoms with Crippen LogP contribution in [0.15, 0.2) is 18.5 Å². The summed E-state index contributed by atoms with van der Waals surface area (Å²) in [7, 11) is 1.97. The third-order valence-corrected chi connectivity index (χ3v) is 3.86. The molecule has 2 aromatic rings. The van der Waals surface area contributed by atoms with Gasteiger partial charge in [-0.15, -0.1) is 0 Å². The Morgan fingerprint density at radius 2 is 2.06 bits per heavy atom. The monoisotopic (exact) mass is 281 g/mol. The molecule has 1 fully saturated rings. The van der Waals surface area contributed by atoms with Crippen molar-refractivity contribution in [1.82, 2.24) is 14.8 Å². The summed E-state index contributed by atoms with van der Waals surface area (Å²) in [4.78, 5) is 3.98. The molecule has 0 atom stereocenters. The molecule has 1 saturated carbocycles. The second-order valence-electron chi connectivity index (χ2n) is 4.76. The van der Waals surface area contributed by atoms with Gasteiger partial charge in [-0.1, -0.05) is 23.2 Å². The molecule has 3 nitrogen and oxygen atoms in total. The van der Waals surface area contributed by atoms with E-state index < -0.39 is 0 Å². The number of hydrogen-bond donors (Lipinski definition) is 0. The lowest BCUT2D eigenvalue weighted by Gasteiger charge is -2.07. The van der Waals surface area contributed by atoms with Crippen molar-refractivity contribution in [2.24, 2.45) is 13.0 Å². The lowest BCUT2D eigenvalue weighted by atomic mass is 10.0. The third-order valence-electron chi connectivity index (χ3n) is 3.35. The lowest BCUT2D eigenvalue weighted by Crippen LogP contribution is -2.00. The van der Waals surface area contributed by atoms with Gasteiger partial charge in [-0.25, -0.2) is 4.98 Å². The molecule has 0 aromatic carbocycles. The maximum atomic E-state index is 6.21. The maximum absolute atomic E-state index is 6.21. The molecule has 94 valence electrons. The van der Waals surface area contributed by atoms with Gasteiger partial charge >= 0.3 is 0 Å². The van der Waals surface area contributed by atoms with E-state index in [1.54, 1.807) is 12.3 Å². The van der Waals surface area contributed by atoms with Crippen LogP contribution < -0.4 is 0 Å². The lowest BCUT2D eigenvalue weighted by molar-refractivity contribution is 0.678. The van der Waals surface area contributed by atoms with E-state index in [-0.39, 0.29) is 0 Å². The van der Waals surface area contributed by atoms with Crippen molar-refractivity contribution in [2.45, 2.75) is 19.3 Å². The van der Waals surface area contributed by atoms with Crippen molar-refractivity contribution in [3.05, 3.63) is 34.3 Å². The predicted molar refractivity (Wildman–Crippen MR) is 72.9 cm³/mol. The Hall–Kier alpha value is -1.06. The van der Waals surface area contributed by atoms with E-state index in [4.69, 9.17) is 23.2 Å². The van der Waals surface area contributed by atoms with Crippen LogP contribution in [0, 0.1) is 5.92 Å². The highest BCUT2D eigenvalue weighted by Crippen LogP contribution is 2.37. The zero-order valence-corrected chi connectivity index (χ0v) is 11.5. The van der Waals surface area contributed by atoms with Crippen LogP contribution in [0.3, 0.4) is 0 Å². The molecular formula is C13H13Cl2N3. The molecule has 1 aliphatic rings. The first kappa shape index (κ1) is 12.0. The number of hydrogen-bond acceptors (Lipinski definition) is 2. The van der Waals surface area contributed by atoms with Gasteiger partial charge in [-0.2, -0.15) is 5.10 Å². The number of rotatable bonds is 3. The van der Waals surface area contributed by atoms with E-state index in [2.05, 4.69) is 10.1 Å². The highest BCUT2D eigenvalue weighted by atomic mass is 35.5. The third kappa shape index (κ3) is 2.25. The quantitative estimate of drug-likeness (QED) is 0.803. The van der Waals surface area contributed by atoms with Gasteiger partial charge in [0.05, 0.1) is 11.2 Å². The second-order valence-corrected chi connectivity index (χ2v) is 5.56. The van der Waals surface area contributed by atoms with Crippen LogP contribution in [0.5, 0.6) is 0 Å². The van der Waals surface area contributed by atoms with Gasteiger partial charge < -0.3 is 0 Å². The molecular weight excluding hydrogens is 269 g/mol. The van der Waals surface area contributed by atoms with Crippen molar-refractivity contribution in [1.29, 1.82) is 0 Å². The van der Waals surface area contributed by atoms with E-state index in [1.165, 1.54) is 18.5 Å². The fourth-order valence-electron chi connectivity index (χ4n) is 2.14. The minimum Gasteiger partial charge on any atom is -0.272 e. The predicted octanol–water partition coefficient (Wildman–Crippen LogP) is 3.74. The van der Waals surface area contributed by atoms with Crippen LogP contribution in [0.4, 0.5) is 0 Å². The summed E-state index contributed by atoms with van der Waals surface area (Å²) < 4.78 is 1.93. The average Bonchev–Trinajstić information content (AvgIpc) is 3.09.